The summed E-state index contributed by atoms with van der Waals surface area (Å²) in [6, 6.07) is 49.4. The van der Waals surface area contributed by atoms with Gasteiger partial charge in [0.15, 0.2) is 0 Å². The van der Waals surface area contributed by atoms with Gasteiger partial charge in [-0.3, -0.25) is 0 Å². The SMILES string of the molecule is c1ccc(-c2nc(-c3ccccc3)nc(-c3ccc4c(c3)c3ccccc3c3c4ccc4c5ccccc5[se]c43)n2)cc1. The van der Waals surface area contributed by atoms with Gasteiger partial charge < -0.3 is 0 Å². The van der Waals surface area contributed by atoms with Crippen molar-refractivity contribution in [2.45, 2.75) is 0 Å². The van der Waals surface area contributed by atoms with Crippen molar-refractivity contribution in [1.29, 1.82) is 0 Å². The van der Waals surface area contributed by atoms with Crippen LogP contribution in [0.1, 0.15) is 0 Å². The Bertz CT molecular complexity index is 2420. The number of benzene rings is 7. The van der Waals surface area contributed by atoms with Crippen LogP contribution in [-0.2, 0) is 0 Å². The Hall–Kier alpha value is -5.15. The van der Waals surface area contributed by atoms with Crippen LogP contribution in [-0.4, -0.2) is 29.5 Å². The van der Waals surface area contributed by atoms with E-state index in [2.05, 4.69) is 78.9 Å². The third kappa shape index (κ3) is 3.92. The van der Waals surface area contributed by atoms with Gasteiger partial charge in [0.2, 0.25) is 0 Å². The van der Waals surface area contributed by atoms with Gasteiger partial charge in [-0.05, 0) is 0 Å². The second-order valence-electron chi connectivity index (χ2n) is 10.8. The molecule has 0 bridgehead atoms. The summed E-state index contributed by atoms with van der Waals surface area (Å²) in [5.41, 5.74) is 2.92. The fourth-order valence-corrected chi connectivity index (χ4v) is 8.95. The Labute approximate surface area is 253 Å². The van der Waals surface area contributed by atoms with Crippen molar-refractivity contribution >= 4 is 66.1 Å². The summed E-state index contributed by atoms with van der Waals surface area (Å²) >= 11 is 0.272. The van der Waals surface area contributed by atoms with Crippen LogP contribution in [0, 0.1) is 0 Å². The molecule has 0 N–H and O–H groups in total. The molecule has 2 aromatic heterocycles. The molecule has 2 heterocycles. The Morgan fingerprint density at radius 3 is 1.53 bits per heavy atom. The fraction of sp³-hybridized carbons (Fsp3) is 0. The molecule has 7 aromatic carbocycles. The summed E-state index contributed by atoms with van der Waals surface area (Å²) in [5, 5.41) is 10.5. The Morgan fingerprint density at radius 2 is 0.837 bits per heavy atom. The Kier molecular flexibility index (Phi) is 5.52. The van der Waals surface area contributed by atoms with Crippen molar-refractivity contribution in [3.63, 3.8) is 0 Å². The summed E-state index contributed by atoms with van der Waals surface area (Å²) in [5.74, 6) is 2.02. The van der Waals surface area contributed by atoms with E-state index in [1.54, 1.807) is 0 Å². The zero-order valence-electron chi connectivity index (χ0n) is 23.0. The molecule has 4 heteroatoms. The van der Waals surface area contributed by atoms with Gasteiger partial charge in [-0.2, -0.15) is 0 Å². The van der Waals surface area contributed by atoms with Crippen LogP contribution < -0.4 is 0 Å². The van der Waals surface area contributed by atoms with Crippen LogP contribution in [0.15, 0.2) is 140 Å². The molecule has 0 saturated carbocycles. The van der Waals surface area contributed by atoms with Crippen LogP contribution in [0.5, 0.6) is 0 Å². The molecule has 0 fully saturated rings. The van der Waals surface area contributed by atoms with Crippen LogP contribution >= 0.6 is 0 Å². The second-order valence-corrected chi connectivity index (χ2v) is 13.0. The number of hydrogen-bond acceptors (Lipinski definition) is 3. The predicted molar refractivity (Wildman–Crippen MR) is 181 cm³/mol. The molecular formula is C39H23N3Se. The molecule has 0 radical (unpaired) electrons. The molecule has 3 nitrogen and oxygen atoms in total. The van der Waals surface area contributed by atoms with E-state index < -0.39 is 0 Å². The summed E-state index contributed by atoms with van der Waals surface area (Å²) in [4.78, 5) is 14.9. The molecule has 0 amide bonds. The smallest absolute Gasteiger partial charge is 0.0615 e. The standard InChI is InChI=1S/C39H23N3Se/c1-3-11-24(12-4-1)37-40-38(25-13-5-2-6-14-25)42-39(41-37)26-19-20-28-31-21-22-32-29-16-9-10-18-34(29)43-36(32)35(31)30-17-8-7-15-27(30)33(28)23-26/h1-23H. The van der Waals surface area contributed by atoms with E-state index in [0.717, 1.165) is 16.7 Å². The molecule has 0 aliphatic heterocycles. The van der Waals surface area contributed by atoms with Crippen molar-refractivity contribution in [2.75, 3.05) is 0 Å². The van der Waals surface area contributed by atoms with Gasteiger partial charge in [0.05, 0.1) is 0 Å². The number of rotatable bonds is 3. The van der Waals surface area contributed by atoms with E-state index in [-0.39, 0.29) is 14.5 Å². The number of fused-ring (bicyclic) bond motifs is 10. The molecule has 0 saturated heterocycles. The molecule has 0 aliphatic rings. The van der Waals surface area contributed by atoms with Crippen LogP contribution in [0.2, 0.25) is 0 Å². The first-order valence-electron chi connectivity index (χ1n) is 14.4. The third-order valence-corrected chi connectivity index (χ3v) is 10.8. The molecule has 43 heavy (non-hydrogen) atoms. The van der Waals surface area contributed by atoms with Crippen LogP contribution in [0.3, 0.4) is 0 Å². The van der Waals surface area contributed by atoms with Gasteiger partial charge >= 0.3 is 218 Å². The fourth-order valence-electron chi connectivity index (χ4n) is 6.30. The summed E-state index contributed by atoms with van der Waals surface area (Å²) in [6.45, 7) is 0. The van der Waals surface area contributed by atoms with Crippen molar-refractivity contribution < 1.29 is 0 Å². The van der Waals surface area contributed by atoms with Gasteiger partial charge in [-0.15, -0.1) is 0 Å². The van der Waals surface area contributed by atoms with Crippen LogP contribution in [0.4, 0.5) is 0 Å². The first-order chi connectivity index (χ1) is 21.3. The molecule has 0 atom stereocenters. The minimum atomic E-state index is 0.272. The normalized spacial score (nSPS) is 11.7. The van der Waals surface area contributed by atoms with Crippen LogP contribution in [0.25, 0.3) is 85.8 Å². The van der Waals surface area contributed by atoms with Gasteiger partial charge in [-0.1, -0.05) is 36.4 Å². The number of nitrogens with zero attached hydrogens (tertiary/aromatic N) is 3. The van der Waals surface area contributed by atoms with Crippen molar-refractivity contribution in [3.8, 4) is 34.2 Å². The molecule has 9 rings (SSSR count). The van der Waals surface area contributed by atoms with Gasteiger partial charge in [-0.25, -0.2) is 0 Å². The quantitative estimate of drug-likeness (QED) is 0.147. The molecule has 200 valence electrons. The molecule has 0 spiro atoms. The van der Waals surface area contributed by atoms with Crippen molar-refractivity contribution in [3.05, 3.63) is 140 Å². The van der Waals surface area contributed by atoms with E-state index in [0.29, 0.717) is 17.5 Å². The van der Waals surface area contributed by atoms with Gasteiger partial charge in [0.1, 0.15) is 0 Å². The van der Waals surface area contributed by atoms with E-state index in [9.17, 15) is 0 Å². The van der Waals surface area contributed by atoms with Crippen molar-refractivity contribution in [2.24, 2.45) is 0 Å². The maximum atomic E-state index is 5.00. The Morgan fingerprint density at radius 1 is 0.349 bits per heavy atom. The van der Waals surface area contributed by atoms with E-state index in [1.165, 1.54) is 51.6 Å². The molecule has 9 aromatic rings. The molecule has 0 aliphatic carbocycles. The first kappa shape index (κ1) is 24.4. The molecule has 0 unspecified atom stereocenters. The predicted octanol–water partition coefficient (Wildman–Crippen LogP) is 9.70. The monoisotopic (exact) mass is 613 g/mol. The average molecular weight is 613 g/mol. The maximum absolute atomic E-state index is 5.00. The molecular weight excluding hydrogens is 589 g/mol. The first-order valence-corrected chi connectivity index (χ1v) is 16.1. The van der Waals surface area contributed by atoms with Gasteiger partial charge in [0, 0.05) is 0 Å². The number of aromatic nitrogens is 3. The summed E-state index contributed by atoms with van der Waals surface area (Å²) in [7, 11) is 0. The summed E-state index contributed by atoms with van der Waals surface area (Å²) in [6.07, 6.45) is 0. The van der Waals surface area contributed by atoms with E-state index >= 15 is 0 Å². The number of hydrogen-bond donors (Lipinski definition) is 0. The van der Waals surface area contributed by atoms with Gasteiger partial charge in [0.25, 0.3) is 0 Å². The zero-order chi connectivity index (χ0) is 28.3. The van der Waals surface area contributed by atoms with E-state index in [1.807, 2.05) is 60.7 Å². The zero-order valence-corrected chi connectivity index (χ0v) is 24.7. The third-order valence-electron chi connectivity index (χ3n) is 8.30. The minimum Gasteiger partial charge on any atom is -0.0615 e. The average Bonchev–Trinajstić information content (AvgIpc) is 3.47. The second kappa shape index (κ2) is 9.71. The topological polar surface area (TPSA) is 38.7 Å². The minimum absolute atomic E-state index is 0.272. The van der Waals surface area contributed by atoms with E-state index in [4.69, 9.17) is 15.0 Å². The Balaban J connectivity index is 1.33. The summed E-state index contributed by atoms with van der Waals surface area (Å²) < 4.78 is 2.96. The van der Waals surface area contributed by atoms with Crippen molar-refractivity contribution in [1.82, 2.24) is 15.0 Å².